The van der Waals surface area contributed by atoms with Gasteiger partial charge in [0.25, 0.3) is 0 Å². The van der Waals surface area contributed by atoms with Crippen molar-refractivity contribution in [3.8, 4) is 0 Å². The Morgan fingerprint density at radius 1 is 1.15 bits per heavy atom. The summed E-state index contributed by atoms with van der Waals surface area (Å²) in [5, 5.41) is 8.23. The Kier molecular flexibility index (Phi) is 15.9. The van der Waals surface area contributed by atoms with Crippen LogP contribution in [-0.2, 0) is 33.3 Å². The van der Waals surface area contributed by atoms with Crippen molar-refractivity contribution in [1.29, 1.82) is 0 Å². The van der Waals surface area contributed by atoms with Gasteiger partial charge in [0.1, 0.15) is 12.7 Å². The van der Waals surface area contributed by atoms with E-state index in [0.717, 1.165) is 6.08 Å². The summed E-state index contributed by atoms with van der Waals surface area (Å²) in [4.78, 5) is 31.2. The summed E-state index contributed by atoms with van der Waals surface area (Å²) in [5.41, 5.74) is 0.864. The van der Waals surface area contributed by atoms with Gasteiger partial charge in [-0.15, -0.1) is 0 Å². The van der Waals surface area contributed by atoms with Crippen LogP contribution in [0.1, 0.15) is 20.3 Å². The van der Waals surface area contributed by atoms with Crippen LogP contribution in [0.25, 0.3) is 0 Å². The highest BCUT2D eigenvalue weighted by atomic mass is 16.6. The van der Waals surface area contributed by atoms with Gasteiger partial charge in [-0.3, -0.25) is 0 Å². The maximum absolute atomic E-state index is 10.7. The van der Waals surface area contributed by atoms with Crippen molar-refractivity contribution in [3.63, 3.8) is 0 Å². The van der Waals surface area contributed by atoms with Crippen LogP contribution in [0.3, 0.4) is 0 Å². The van der Waals surface area contributed by atoms with E-state index in [0.29, 0.717) is 30.8 Å². The third-order valence-corrected chi connectivity index (χ3v) is 2.40. The van der Waals surface area contributed by atoms with Crippen molar-refractivity contribution in [2.75, 3.05) is 33.5 Å². The molecule has 0 amide bonds. The van der Waals surface area contributed by atoms with E-state index in [-0.39, 0.29) is 31.3 Å². The molecule has 1 rings (SSSR count). The number of aliphatic hydroxyl groups is 1. The minimum absolute atomic E-state index is 0.0461. The first-order valence-electron chi connectivity index (χ1n) is 7.77. The Labute approximate surface area is 154 Å². The summed E-state index contributed by atoms with van der Waals surface area (Å²) >= 11 is 0. The van der Waals surface area contributed by atoms with Crippen LogP contribution in [-0.4, -0.2) is 62.7 Å². The van der Waals surface area contributed by atoms with Gasteiger partial charge in [0, 0.05) is 30.2 Å². The number of carbonyl (C=O) groups is 3. The van der Waals surface area contributed by atoms with Crippen LogP contribution in [0.2, 0.25) is 0 Å². The topological polar surface area (TPSA) is 112 Å². The molecule has 1 atom stereocenters. The molecular weight excluding hydrogens is 344 g/mol. The van der Waals surface area contributed by atoms with E-state index in [1.807, 2.05) is 0 Å². The maximum atomic E-state index is 10.7. The highest BCUT2D eigenvalue weighted by Gasteiger charge is 2.24. The fraction of sp³-hybridized carbons (Fsp3) is 0.500. The van der Waals surface area contributed by atoms with E-state index in [2.05, 4.69) is 29.2 Å². The molecule has 1 saturated heterocycles. The van der Waals surface area contributed by atoms with Crippen LogP contribution in [0.4, 0.5) is 0 Å². The van der Waals surface area contributed by atoms with Crippen molar-refractivity contribution in [2.45, 2.75) is 26.4 Å². The molecule has 0 radical (unpaired) electrons. The van der Waals surface area contributed by atoms with Crippen molar-refractivity contribution in [1.82, 2.24) is 0 Å². The smallest absolute Gasteiger partial charge is 0.333 e. The fourth-order valence-corrected chi connectivity index (χ4v) is 0.927. The van der Waals surface area contributed by atoms with Gasteiger partial charge in [-0.05, 0) is 13.8 Å². The minimum Gasteiger partial charge on any atom is -0.466 e. The van der Waals surface area contributed by atoms with Gasteiger partial charge in [0.05, 0.1) is 20.3 Å². The molecule has 0 bridgehead atoms. The molecule has 0 aromatic heterocycles. The van der Waals surface area contributed by atoms with Gasteiger partial charge in [0.2, 0.25) is 0 Å². The normalized spacial score (nSPS) is 13.5. The number of methoxy groups -OCH3 is 1. The molecule has 1 fully saturated rings. The van der Waals surface area contributed by atoms with Crippen LogP contribution in [0.5, 0.6) is 0 Å². The molecule has 1 N–H and O–H groups in total. The number of rotatable bonds is 8. The summed E-state index contributed by atoms with van der Waals surface area (Å²) in [7, 11) is 1.33. The van der Waals surface area contributed by atoms with Crippen molar-refractivity contribution in [3.05, 3.63) is 37.0 Å². The third kappa shape index (κ3) is 17.9. The molecule has 0 spiro atoms. The molecule has 0 aromatic rings. The number of hydrogen-bond acceptors (Lipinski definition) is 8. The van der Waals surface area contributed by atoms with Gasteiger partial charge in [-0.1, -0.05) is 19.7 Å². The quantitative estimate of drug-likeness (QED) is 0.223. The van der Waals surface area contributed by atoms with E-state index in [9.17, 15) is 14.4 Å². The second-order valence-corrected chi connectivity index (χ2v) is 5.05. The molecular formula is C18H28O8. The lowest BCUT2D eigenvalue weighted by Crippen LogP contribution is -2.09. The molecule has 1 unspecified atom stereocenters. The molecule has 0 aliphatic carbocycles. The lowest BCUT2D eigenvalue weighted by molar-refractivity contribution is -0.139. The van der Waals surface area contributed by atoms with Gasteiger partial charge in [0.15, 0.2) is 0 Å². The molecule has 8 heteroatoms. The number of aliphatic hydroxyl groups excluding tert-OH is 1. The number of epoxide rings is 1. The fourth-order valence-electron chi connectivity index (χ4n) is 0.927. The zero-order chi connectivity index (χ0) is 20.5. The Morgan fingerprint density at radius 3 is 2.00 bits per heavy atom. The van der Waals surface area contributed by atoms with E-state index in [1.54, 1.807) is 13.8 Å². The maximum Gasteiger partial charge on any atom is 0.333 e. The average molecular weight is 372 g/mol. The van der Waals surface area contributed by atoms with Crippen molar-refractivity contribution < 1.29 is 38.4 Å². The van der Waals surface area contributed by atoms with Crippen LogP contribution < -0.4 is 0 Å². The molecule has 26 heavy (non-hydrogen) atoms. The predicted octanol–water partition coefficient (Wildman–Crippen LogP) is 1.34. The lowest BCUT2D eigenvalue weighted by atomic mass is 10.4. The predicted molar refractivity (Wildman–Crippen MR) is 95.2 cm³/mol. The van der Waals surface area contributed by atoms with Crippen LogP contribution in [0.15, 0.2) is 37.0 Å². The average Bonchev–Trinajstić information content (AvgIpc) is 3.44. The van der Waals surface area contributed by atoms with Crippen molar-refractivity contribution in [2.24, 2.45) is 0 Å². The Bertz CT molecular complexity index is 491. The van der Waals surface area contributed by atoms with Gasteiger partial charge < -0.3 is 24.1 Å². The zero-order valence-corrected chi connectivity index (χ0v) is 15.6. The SMILES string of the molecule is C=C(C)C(=O)OC.C=C(C)C(=O)OCC1CO1.C=CC(=O)OCCCO. The molecule has 0 aromatic carbocycles. The molecule has 1 heterocycles. The summed E-state index contributed by atoms with van der Waals surface area (Å²) in [6.07, 6.45) is 1.72. The number of esters is 3. The largest absolute Gasteiger partial charge is 0.466 e. The Balaban J connectivity index is 0. The summed E-state index contributed by atoms with van der Waals surface area (Å²) in [5.74, 6) is -1.13. The van der Waals surface area contributed by atoms with E-state index < -0.39 is 5.97 Å². The monoisotopic (exact) mass is 372 g/mol. The molecule has 0 saturated carbocycles. The molecule has 8 nitrogen and oxygen atoms in total. The van der Waals surface area contributed by atoms with Gasteiger partial charge >= 0.3 is 17.9 Å². The second-order valence-electron chi connectivity index (χ2n) is 5.05. The van der Waals surface area contributed by atoms with Gasteiger partial charge in [-0.25, -0.2) is 14.4 Å². The number of ether oxygens (including phenoxy) is 4. The van der Waals surface area contributed by atoms with E-state index in [4.69, 9.17) is 14.6 Å². The second kappa shape index (κ2) is 16.0. The van der Waals surface area contributed by atoms with E-state index in [1.165, 1.54) is 7.11 Å². The Hall–Kier alpha value is -2.45. The molecule has 148 valence electrons. The van der Waals surface area contributed by atoms with Crippen LogP contribution in [0, 0.1) is 0 Å². The summed E-state index contributed by atoms with van der Waals surface area (Å²) < 4.78 is 18.4. The molecule has 1 aliphatic rings. The lowest BCUT2D eigenvalue weighted by Gasteiger charge is -1.99. The summed E-state index contributed by atoms with van der Waals surface area (Å²) in [6, 6.07) is 0. The highest BCUT2D eigenvalue weighted by Crippen LogP contribution is 2.09. The third-order valence-electron chi connectivity index (χ3n) is 2.40. The minimum atomic E-state index is -0.441. The summed E-state index contributed by atoms with van der Waals surface area (Å²) in [6.45, 7) is 14.6. The van der Waals surface area contributed by atoms with Crippen LogP contribution >= 0.6 is 0 Å². The number of carbonyl (C=O) groups excluding carboxylic acids is 3. The first-order chi connectivity index (χ1) is 12.2. The van der Waals surface area contributed by atoms with E-state index >= 15 is 0 Å². The Morgan fingerprint density at radius 2 is 1.69 bits per heavy atom. The van der Waals surface area contributed by atoms with Gasteiger partial charge in [-0.2, -0.15) is 0 Å². The molecule has 1 aliphatic heterocycles. The zero-order valence-electron chi connectivity index (χ0n) is 15.6. The number of hydrogen-bond donors (Lipinski definition) is 1. The van der Waals surface area contributed by atoms with Crippen molar-refractivity contribution >= 4 is 17.9 Å². The highest BCUT2D eigenvalue weighted by molar-refractivity contribution is 5.87. The first-order valence-corrected chi connectivity index (χ1v) is 7.77. The first kappa shape index (κ1) is 25.8. The standard InChI is InChI=1S/C7H10O3.C6H10O3.C5H8O2/c1-5(2)7(8)10-4-6-3-9-6;1-2-6(8)9-5-3-4-7;1-4(2)5(6)7-3/h6H,1,3-4H2,2H3;2,7H,1,3-5H2;1H2,2-3H3.